The molecule has 0 bridgehead atoms. The molecule has 1 aliphatic carbocycles. The fourth-order valence-corrected chi connectivity index (χ4v) is 5.19. The Morgan fingerprint density at radius 3 is 2.29 bits per heavy atom. The zero-order valence-electron chi connectivity index (χ0n) is 21.2. The molecule has 0 aliphatic heterocycles. The topological polar surface area (TPSA) is 76.1 Å². The van der Waals surface area contributed by atoms with Crippen molar-refractivity contribution in [3.05, 3.63) is 88.5 Å². The number of carbonyl (C=O) groups is 2. The number of amides is 1. The molecule has 4 rings (SSSR count). The van der Waals surface area contributed by atoms with Crippen molar-refractivity contribution in [1.82, 2.24) is 4.90 Å². The largest absolute Gasteiger partial charge is 0.496 e. The van der Waals surface area contributed by atoms with Crippen molar-refractivity contribution in [2.45, 2.75) is 44.6 Å². The van der Waals surface area contributed by atoms with Gasteiger partial charge >= 0.3 is 12.1 Å². The van der Waals surface area contributed by atoms with E-state index in [1.807, 2.05) is 24.3 Å². The van der Waals surface area contributed by atoms with Gasteiger partial charge in [0, 0.05) is 32.6 Å². The summed E-state index contributed by atoms with van der Waals surface area (Å²) in [5.41, 5.74) is 2.95. The Morgan fingerprint density at radius 1 is 1.03 bits per heavy atom. The van der Waals surface area contributed by atoms with Gasteiger partial charge in [-0.15, -0.1) is 0 Å². The number of halogens is 3. The molecule has 200 valence electrons. The second-order valence-electron chi connectivity index (χ2n) is 9.19. The van der Waals surface area contributed by atoms with E-state index in [4.69, 9.17) is 9.47 Å². The number of fused-ring (bicyclic) bond motifs is 1. The summed E-state index contributed by atoms with van der Waals surface area (Å²) in [7, 11) is 3.01. The van der Waals surface area contributed by atoms with Crippen LogP contribution in [0.3, 0.4) is 0 Å². The van der Waals surface area contributed by atoms with Gasteiger partial charge in [-0.2, -0.15) is 13.2 Å². The molecule has 0 aromatic heterocycles. The van der Waals surface area contributed by atoms with Gasteiger partial charge in [0.15, 0.2) is 0 Å². The number of carbonyl (C=O) groups excluding carboxylic acids is 1. The predicted molar refractivity (Wildman–Crippen MR) is 135 cm³/mol. The average molecular weight is 528 g/mol. The maximum atomic E-state index is 13.2. The van der Waals surface area contributed by atoms with E-state index in [-0.39, 0.29) is 25.0 Å². The van der Waals surface area contributed by atoms with Crippen molar-refractivity contribution in [3.63, 3.8) is 0 Å². The van der Waals surface area contributed by atoms with Gasteiger partial charge in [0.1, 0.15) is 5.75 Å². The highest BCUT2D eigenvalue weighted by Crippen LogP contribution is 2.42. The first-order valence-electron chi connectivity index (χ1n) is 12.0. The van der Waals surface area contributed by atoms with Crippen LogP contribution in [0.2, 0.25) is 0 Å². The normalized spacial score (nSPS) is 16.7. The maximum Gasteiger partial charge on any atom is 0.416 e. The lowest BCUT2D eigenvalue weighted by Gasteiger charge is -2.34. The maximum absolute atomic E-state index is 13.2. The summed E-state index contributed by atoms with van der Waals surface area (Å²) >= 11 is 0. The molecular weight excluding hydrogens is 499 g/mol. The molecule has 0 radical (unpaired) electrons. The van der Waals surface area contributed by atoms with Crippen molar-refractivity contribution in [2.24, 2.45) is 0 Å². The molecule has 0 saturated heterocycles. The van der Waals surface area contributed by atoms with Crippen molar-refractivity contribution in [3.8, 4) is 16.9 Å². The van der Waals surface area contributed by atoms with Crippen LogP contribution in [0.15, 0.2) is 60.7 Å². The third-order valence-electron chi connectivity index (χ3n) is 6.95. The Labute approximate surface area is 218 Å². The number of alkyl halides is 3. The van der Waals surface area contributed by atoms with E-state index in [1.165, 1.54) is 26.2 Å². The lowest BCUT2D eigenvalue weighted by molar-refractivity contribution is -0.138. The van der Waals surface area contributed by atoms with Gasteiger partial charge in [0.25, 0.3) is 0 Å². The van der Waals surface area contributed by atoms with Gasteiger partial charge in [-0.25, -0.2) is 0 Å². The summed E-state index contributed by atoms with van der Waals surface area (Å²) in [5.74, 6) is -0.978. The molecule has 3 aromatic carbocycles. The van der Waals surface area contributed by atoms with Crippen LogP contribution in [-0.2, 0) is 39.9 Å². The van der Waals surface area contributed by atoms with E-state index in [9.17, 15) is 27.9 Å². The average Bonchev–Trinajstić information content (AvgIpc) is 3.25. The minimum atomic E-state index is -4.51. The zero-order valence-corrected chi connectivity index (χ0v) is 21.2. The molecule has 9 heteroatoms. The van der Waals surface area contributed by atoms with Crippen molar-refractivity contribution < 1.29 is 37.3 Å². The standard InChI is InChI=1S/C29H28F3NO5/c1-17(34)33(28-22-7-5-4-6-19(22)14-25(28)38-3)16-23-20(15-26(35)36)10-13-24(37-2)27(23)18-8-11-21(12-9-18)29(30,31)32/h4-13,25,28H,14-16H2,1-3H3,(H,35,36)/t25-,28+/m0/s1. The van der Waals surface area contributed by atoms with Crippen LogP contribution in [0.5, 0.6) is 5.75 Å². The Kier molecular flexibility index (Phi) is 7.78. The molecule has 1 aliphatic rings. The Bertz CT molecular complexity index is 1340. The first kappa shape index (κ1) is 27.2. The van der Waals surface area contributed by atoms with Gasteiger partial charge < -0.3 is 19.5 Å². The SMILES string of the molecule is COc1ccc(CC(=O)O)c(CN(C(C)=O)[C@@H]2c3ccccc3C[C@@H]2OC)c1-c1ccc(C(F)(F)F)cc1. The lowest BCUT2D eigenvalue weighted by atomic mass is 9.91. The van der Waals surface area contributed by atoms with Crippen LogP contribution in [0, 0.1) is 0 Å². The quantitative estimate of drug-likeness (QED) is 0.409. The summed E-state index contributed by atoms with van der Waals surface area (Å²) in [6.07, 6.45) is -4.56. The smallest absolute Gasteiger partial charge is 0.416 e. The number of carboxylic acids is 1. The van der Waals surface area contributed by atoms with Crippen LogP contribution in [0.1, 0.15) is 40.8 Å². The van der Waals surface area contributed by atoms with Gasteiger partial charge in [0.2, 0.25) is 5.91 Å². The highest BCUT2D eigenvalue weighted by Gasteiger charge is 2.39. The van der Waals surface area contributed by atoms with Gasteiger partial charge in [0.05, 0.1) is 31.2 Å². The molecular formula is C29H28F3NO5. The molecule has 2 atom stereocenters. The summed E-state index contributed by atoms with van der Waals surface area (Å²) in [6.45, 7) is 1.44. The molecule has 38 heavy (non-hydrogen) atoms. The molecule has 0 saturated carbocycles. The third kappa shape index (κ3) is 5.38. The Hall–Kier alpha value is -3.85. The molecule has 0 heterocycles. The highest BCUT2D eigenvalue weighted by atomic mass is 19.4. The fraction of sp³-hybridized carbons (Fsp3) is 0.310. The molecule has 0 fully saturated rings. The van der Waals surface area contributed by atoms with Crippen LogP contribution in [0.25, 0.3) is 11.1 Å². The first-order chi connectivity index (χ1) is 18.0. The van der Waals surface area contributed by atoms with Crippen LogP contribution in [-0.4, -0.2) is 42.2 Å². The second-order valence-corrected chi connectivity index (χ2v) is 9.19. The van der Waals surface area contributed by atoms with Gasteiger partial charge in [-0.1, -0.05) is 42.5 Å². The van der Waals surface area contributed by atoms with E-state index in [0.717, 1.165) is 23.3 Å². The van der Waals surface area contributed by atoms with Crippen molar-refractivity contribution >= 4 is 11.9 Å². The number of aliphatic carboxylic acids is 1. The zero-order chi connectivity index (χ0) is 27.6. The molecule has 1 amide bonds. The van der Waals surface area contributed by atoms with E-state index >= 15 is 0 Å². The molecule has 0 unspecified atom stereocenters. The number of methoxy groups -OCH3 is 2. The summed E-state index contributed by atoms with van der Waals surface area (Å²) in [4.78, 5) is 26.5. The van der Waals surface area contributed by atoms with Crippen LogP contribution in [0.4, 0.5) is 13.2 Å². The molecule has 6 nitrogen and oxygen atoms in total. The van der Waals surface area contributed by atoms with E-state index < -0.39 is 23.8 Å². The Morgan fingerprint density at radius 2 is 1.71 bits per heavy atom. The minimum absolute atomic E-state index is 0.00433. The number of carboxylic acid groups (broad SMARTS) is 1. The van der Waals surface area contributed by atoms with Crippen LogP contribution >= 0.6 is 0 Å². The van der Waals surface area contributed by atoms with Gasteiger partial charge in [-0.05, 0) is 46.0 Å². The number of hydrogen-bond acceptors (Lipinski definition) is 4. The van der Waals surface area contributed by atoms with Crippen molar-refractivity contribution in [2.75, 3.05) is 14.2 Å². The number of rotatable bonds is 8. The minimum Gasteiger partial charge on any atom is -0.496 e. The van der Waals surface area contributed by atoms with E-state index in [1.54, 1.807) is 24.1 Å². The monoisotopic (exact) mass is 527 g/mol. The molecule has 0 spiro atoms. The highest BCUT2D eigenvalue weighted by molar-refractivity contribution is 5.80. The van der Waals surface area contributed by atoms with E-state index in [2.05, 4.69) is 0 Å². The van der Waals surface area contributed by atoms with Crippen molar-refractivity contribution in [1.29, 1.82) is 0 Å². The number of nitrogens with zero attached hydrogens (tertiary/aromatic N) is 1. The first-order valence-corrected chi connectivity index (χ1v) is 12.0. The fourth-order valence-electron chi connectivity index (χ4n) is 5.19. The lowest BCUT2D eigenvalue weighted by Crippen LogP contribution is -2.38. The molecule has 1 N–H and O–H groups in total. The summed E-state index contributed by atoms with van der Waals surface area (Å²) < 4.78 is 51.0. The van der Waals surface area contributed by atoms with Gasteiger partial charge in [-0.3, -0.25) is 9.59 Å². The number of benzene rings is 3. The van der Waals surface area contributed by atoms with Crippen LogP contribution < -0.4 is 4.74 Å². The summed E-state index contributed by atoms with van der Waals surface area (Å²) in [5, 5.41) is 9.61. The number of hydrogen-bond donors (Lipinski definition) is 1. The molecule has 3 aromatic rings. The third-order valence-corrected chi connectivity index (χ3v) is 6.95. The second kappa shape index (κ2) is 10.9. The Balaban J connectivity index is 1.89. The predicted octanol–water partition coefficient (Wildman–Crippen LogP) is 5.67. The number of ether oxygens (including phenoxy) is 2. The summed E-state index contributed by atoms with van der Waals surface area (Å²) in [6, 6.07) is 15.1. The van der Waals surface area contributed by atoms with E-state index in [0.29, 0.717) is 34.4 Å².